The van der Waals surface area contributed by atoms with Gasteiger partial charge in [-0.15, -0.1) is 0 Å². The molecule has 0 aliphatic carbocycles. The lowest BCUT2D eigenvalue weighted by Gasteiger charge is -2.10. The Hall–Kier alpha value is -1.75. The average Bonchev–Trinajstić information content (AvgIpc) is 2.38. The predicted molar refractivity (Wildman–Crippen MR) is 81.9 cm³/mol. The number of allylic oxidation sites excluding steroid dienone is 2. The van der Waals surface area contributed by atoms with Gasteiger partial charge in [-0.25, -0.2) is 0 Å². The third-order valence-corrected chi connectivity index (χ3v) is 3.70. The van der Waals surface area contributed by atoms with E-state index in [1.54, 1.807) is 14.1 Å². The smallest absolute Gasteiger partial charge is 0.303 e. The number of thioether (sulfide) groups is 1. The molecule has 0 bridgehead atoms. The Balaban J connectivity index is 2.76. The highest BCUT2D eigenvalue weighted by Crippen LogP contribution is 2.24. The topological polar surface area (TPSA) is 57.6 Å². The number of nitrogens with zero attached hydrogens (tertiary/aromatic N) is 1. The van der Waals surface area contributed by atoms with Gasteiger partial charge in [0.15, 0.2) is 0 Å². The minimum absolute atomic E-state index is 0.0188. The minimum Gasteiger partial charge on any atom is -0.481 e. The number of carboxylic acids is 1. The molecule has 1 N–H and O–H groups in total. The van der Waals surface area contributed by atoms with E-state index in [4.69, 9.17) is 5.11 Å². The van der Waals surface area contributed by atoms with E-state index in [1.807, 2.05) is 37.3 Å². The van der Waals surface area contributed by atoms with Crippen LogP contribution in [0.15, 0.2) is 35.2 Å². The summed E-state index contributed by atoms with van der Waals surface area (Å²) in [7, 11) is 3.44. The van der Waals surface area contributed by atoms with E-state index in [0.717, 1.165) is 16.0 Å². The number of hydrogen-bond donors (Lipinski definition) is 1. The molecule has 0 radical (unpaired) electrons. The van der Waals surface area contributed by atoms with E-state index in [2.05, 4.69) is 0 Å². The highest BCUT2D eigenvalue weighted by molar-refractivity contribution is 8.13. The first-order chi connectivity index (χ1) is 9.40. The summed E-state index contributed by atoms with van der Waals surface area (Å²) in [5.41, 5.74) is 2.03. The van der Waals surface area contributed by atoms with Crippen LogP contribution in [0.25, 0.3) is 5.57 Å². The maximum atomic E-state index is 11.6. The molecule has 0 fully saturated rings. The molecular formula is C15H19NO3S. The van der Waals surface area contributed by atoms with Gasteiger partial charge in [0.1, 0.15) is 0 Å². The van der Waals surface area contributed by atoms with Crippen LogP contribution in [0.1, 0.15) is 25.3 Å². The fourth-order valence-corrected chi connectivity index (χ4v) is 2.24. The van der Waals surface area contributed by atoms with Gasteiger partial charge in [-0.2, -0.15) is 0 Å². The Kier molecular flexibility index (Phi) is 6.31. The average molecular weight is 293 g/mol. The van der Waals surface area contributed by atoms with Gasteiger partial charge in [-0.1, -0.05) is 18.2 Å². The van der Waals surface area contributed by atoms with E-state index in [-0.39, 0.29) is 11.7 Å². The highest BCUT2D eigenvalue weighted by Gasteiger charge is 2.07. The van der Waals surface area contributed by atoms with Gasteiger partial charge in [-0.05, 0) is 48.4 Å². The monoisotopic (exact) mass is 293 g/mol. The van der Waals surface area contributed by atoms with Crippen molar-refractivity contribution in [2.24, 2.45) is 0 Å². The summed E-state index contributed by atoms with van der Waals surface area (Å²) in [6.45, 7) is 1.94. The van der Waals surface area contributed by atoms with E-state index in [9.17, 15) is 9.59 Å². The summed E-state index contributed by atoms with van der Waals surface area (Å²) in [5, 5.41) is 8.60. The number of amides is 1. The molecule has 0 atom stereocenters. The van der Waals surface area contributed by atoms with Crippen molar-refractivity contribution in [1.29, 1.82) is 0 Å². The third kappa shape index (κ3) is 5.48. The molecular weight excluding hydrogens is 274 g/mol. The van der Waals surface area contributed by atoms with Gasteiger partial charge in [0.2, 0.25) is 0 Å². The molecule has 0 heterocycles. The molecule has 20 heavy (non-hydrogen) atoms. The second-order valence-electron chi connectivity index (χ2n) is 4.61. The van der Waals surface area contributed by atoms with E-state index >= 15 is 0 Å². The molecule has 0 unspecified atom stereocenters. The number of hydrogen-bond acceptors (Lipinski definition) is 3. The summed E-state index contributed by atoms with van der Waals surface area (Å²) in [5.74, 6) is -0.796. The first-order valence-electron chi connectivity index (χ1n) is 6.28. The van der Waals surface area contributed by atoms with Gasteiger partial charge in [0.25, 0.3) is 5.24 Å². The lowest BCUT2D eigenvalue weighted by atomic mass is 10.1. The zero-order valence-corrected chi connectivity index (χ0v) is 12.7. The van der Waals surface area contributed by atoms with Crippen LogP contribution in [0.4, 0.5) is 4.79 Å². The molecule has 1 aromatic carbocycles. The number of rotatable bonds is 5. The SMILES string of the molecule is CC(=CCCC(=O)O)c1cccc(SC(=O)N(C)C)c1. The van der Waals surface area contributed by atoms with E-state index < -0.39 is 5.97 Å². The van der Waals surface area contributed by atoms with Gasteiger partial charge in [-0.3, -0.25) is 9.59 Å². The van der Waals surface area contributed by atoms with Crippen molar-refractivity contribution < 1.29 is 14.7 Å². The molecule has 108 valence electrons. The molecule has 0 spiro atoms. The lowest BCUT2D eigenvalue weighted by molar-refractivity contribution is -0.136. The first-order valence-corrected chi connectivity index (χ1v) is 7.10. The van der Waals surface area contributed by atoms with Crippen molar-refractivity contribution in [2.75, 3.05) is 14.1 Å². The first kappa shape index (κ1) is 16.3. The van der Waals surface area contributed by atoms with Gasteiger partial charge in [0, 0.05) is 25.4 Å². The number of carboxylic acid groups (broad SMARTS) is 1. The van der Waals surface area contributed by atoms with Crippen molar-refractivity contribution in [3.8, 4) is 0 Å². The van der Waals surface area contributed by atoms with E-state index in [0.29, 0.717) is 6.42 Å². The second-order valence-corrected chi connectivity index (χ2v) is 5.63. The standard InChI is InChI=1S/C15H19NO3S/c1-11(6-4-9-14(17)18)12-7-5-8-13(10-12)20-15(19)16(2)3/h5-8,10H,4,9H2,1-3H3,(H,17,18). The third-order valence-electron chi connectivity index (χ3n) is 2.67. The normalized spacial score (nSPS) is 11.2. The van der Waals surface area contributed by atoms with Crippen LogP contribution in [-0.4, -0.2) is 35.3 Å². The molecule has 1 aromatic rings. The zero-order chi connectivity index (χ0) is 15.1. The van der Waals surface area contributed by atoms with Crippen LogP contribution < -0.4 is 0 Å². The summed E-state index contributed by atoms with van der Waals surface area (Å²) in [6, 6.07) is 7.69. The predicted octanol–water partition coefficient (Wildman–Crippen LogP) is 3.73. The van der Waals surface area contributed by atoms with E-state index in [1.165, 1.54) is 16.7 Å². The van der Waals surface area contributed by atoms with Crippen LogP contribution >= 0.6 is 11.8 Å². The molecule has 0 aliphatic heterocycles. The van der Waals surface area contributed by atoms with Gasteiger partial charge in [0.05, 0.1) is 0 Å². The number of carbonyl (C=O) groups is 2. The second kappa shape index (κ2) is 7.75. The van der Waals surface area contributed by atoms with Crippen molar-refractivity contribution in [2.45, 2.75) is 24.7 Å². The number of carbonyl (C=O) groups excluding carboxylic acids is 1. The van der Waals surface area contributed by atoms with Crippen LogP contribution in [0.2, 0.25) is 0 Å². The lowest BCUT2D eigenvalue weighted by Crippen LogP contribution is -2.15. The maximum Gasteiger partial charge on any atom is 0.303 e. The van der Waals surface area contributed by atoms with Crippen molar-refractivity contribution in [1.82, 2.24) is 4.90 Å². The molecule has 1 amide bonds. The molecule has 0 saturated carbocycles. The highest BCUT2D eigenvalue weighted by atomic mass is 32.2. The molecule has 4 nitrogen and oxygen atoms in total. The Morgan fingerprint density at radius 1 is 1.35 bits per heavy atom. The summed E-state index contributed by atoms with van der Waals surface area (Å²) >= 11 is 1.18. The van der Waals surface area contributed by atoms with Crippen LogP contribution in [0.3, 0.4) is 0 Å². The fraction of sp³-hybridized carbons (Fsp3) is 0.333. The summed E-state index contributed by atoms with van der Waals surface area (Å²) in [6.07, 6.45) is 2.55. The largest absolute Gasteiger partial charge is 0.481 e. The van der Waals surface area contributed by atoms with Gasteiger partial charge < -0.3 is 10.0 Å². The zero-order valence-electron chi connectivity index (χ0n) is 11.9. The Morgan fingerprint density at radius 3 is 2.65 bits per heavy atom. The Morgan fingerprint density at radius 2 is 2.05 bits per heavy atom. The van der Waals surface area contributed by atoms with Crippen LogP contribution in [-0.2, 0) is 4.79 Å². The molecule has 0 aliphatic rings. The van der Waals surface area contributed by atoms with Crippen LogP contribution in [0.5, 0.6) is 0 Å². The minimum atomic E-state index is -0.796. The molecule has 1 rings (SSSR count). The van der Waals surface area contributed by atoms with Crippen molar-refractivity contribution in [3.05, 3.63) is 35.9 Å². The van der Waals surface area contributed by atoms with Crippen molar-refractivity contribution >= 4 is 28.5 Å². The number of aliphatic carboxylic acids is 1. The number of benzene rings is 1. The molecule has 5 heteroatoms. The fourth-order valence-electron chi connectivity index (χ4n) is 1.53. The Labute approximate surface area is 123 Å². The van der Waals surface area contributed by atoms with Crippen molar-refractivity contribution in [3.63, 3.8) is 0 Å². The maximum absolute atomic E-state index is 11.6. The molecule has 0 saturated heterocycles. The molecule has 0 aromatic heterocycles. The van der Waals surface area contributed by atoms with Crippen LogP contribution in [0, 0.1) is 0 Å². The quantitative estimate of drug-likeness (QED) is 0.840. The summed E-state index contributed by atoms with van der Waals surface area (Å²) < 4.78 is 0. The summed E-state index contributed by atoms with van der Waals surface area (Å²) in [4.78, 5) is 24.5. The Bertz CT molecular complexity index is 524. The van der Waals surface area contributed by atoms with Gasteiger partial charge >= 0.3 is 5.97 Å².